The number of carbonyl (C=O) groups excluding carboxylic acids is 2. The van der Waals surface area contributed by atoms with E-state index < -0.39 is 11.4 Å². The molecule has 0 bridgehead atoms. The molecule has 15 heavy (non-hydrogen) atoms. The quantitative estimate of drug-likeness (QED) is 0.544. The first kappa shape index (κ1) is 11.6. The van der Waals surface area contributed by atoms with E-state index in [1.165, 1.54) is 0 Å². The van der Waals surface area contributed by atoms with Gasteiger partial charge in [-0.1, -0.05) is 30.3 Å². The van der Waals surface area contributed by atoms with Crippen molar-refractivity contribution in [3.8, 4) is 0 Å². The van der Waals surface area contributed by atoms with Crippen LogP contribution in [-0.4, -0.2) is 17.7 Å². The number of Topliss-reactive ketones (excluding diaryl/α,β-unsaturated/α-hetero) is 1. The van der Waals surface area contributed by atoms with Crippen LogP contribution in [0.25, 0.3) is 0 Å². The normalized spacial score (nSPS) is 11.1. The Morgan fingerprint density at radius 3 is 2.47 bits per heavy atom. The van der Waals surface area contributed by atoms with E-state index in [4.69, 9.17) is 4.74 Å². The number of hydrogen-bond acceptors (Lipinski definition) is 3. The maximum Gasteiger partial charge on any atom is 0.226 e. The van der Waals surface area contributed by atoms with Gasteiger partial charge >= 0.3 is 0 Å². The van der Waals surface area contributed by atoms with E-state index in [2.05, 4.69) is 0 Å². The minimum absolute atomic E-state index is 0.297. The number of carbonyl (C=O) groups is 2. The minimum atomic E-state index is -1.04. The largest absolute Gasteiger partial charge is 0.363 e. The summed E-state index contributed by atoms with van der Waals surface area (Å²) in [5, 5.41) is 0. The minimum Gasteiger partial charge on any atom is -0.363 e. The lowest BCUT2D eigenvalue weighted by atomic mass is 10.0. The summed E-state index contributed by atoms with van der Waals surface area (Å²) in [6.45, 7) is 3.51. The highest BCUT2D eigenvalue weighted by Crippen LogP contribution is 2.13. The first-order chi connectivity index (χ1) is 7.06. The Morgan fingerprint density at radius 2 is 1.93 bits per heavy atom. The zero-order chi connectivity index (χ0) is 11.3. The van der Waals surface area contributed by atoms with Gasteiger partial charge in [0.1, 0.15) is 5.60 Å². The van der Waals surface area contributed by atoms with E-state index >= 15 is 0 Å². The molecule has 1 aromatic carbocycles. The molecule has 0 saturated heterocycles. The highest BCUT2D eigenvalue weighted by atomic mass is 16.5. The van der Waals surface area contributed by atoms with Crippen molar-refractivity contribution in [2.24, 2.45) is 0 Å². The van der Waals surface area contributed by atoms with E-state index in [0.29, 0.717) is 12.9 Å². The van der Waals surface area contributed by atoms with Crippen LogP contribution >= 0.6 is 0 Å². The van der Waals surface area contributed by atoms with Crippen molar-refractivity contribution in [1.29, 1.82) is 0 Å². The van der Waals surface area contributed by atoms with E-state index in [-0.39, 0.29) is 0 Å². The van der Waals surface area contributed by atoms with E-state index in [1.54, 1.807) is 13.8 Å². The first-order valence-electron chi connectivity index (χ1n) is 4.74. The molecule has 80 valence electrons. The SMILES string of the molecule is CC(C)(OCc1ccccc1)C(=O)C=O. The number of hydrogen-bond donors (Lipinski definition) is 0. The third-order valence-corrected chi connectivity index (χ3v) is 2.14. The van der Waals surface area contributed by atoms with Gasteiger partial charge in [-0.2, -0.15) is 0 Å². The summed E-state index contributed by atoms with van der Waals surface area (Å²) in [6.07, 6.45) is 0.297. The van der Waals surface area contributed by atoms with Gasteiger partial charge in [0.2, 0.25) is 5.78 Å². The van der Waals surface area contributed by atoms with E-state index in [1.807, 2.05) is 30.3 Å². The first-order valence-corrected chi connectivity index (χ1v) is 4.74. The van der Waals surface area contributed by atoms with Gasteiger partial charge in [0.15, 0.2) is 6.29 Å². The van der Waals surface area contributed by atoms with Gasteiger partial charge in [-0.15, -0.1) is 0 Å². The van der Waals surface area contributed by atoms with E-state index in [0.717, 1.165) is 5.56 Å². The fourth-order valence-electron chi connectivity index (χ4n) is 1.05. The van der Waals surface area contributed by atoms with E-state index in [9.17, 15) is 9.59 Å². The highest BCUT2D eigenvalue weighted by molar-refractivity contribution is 6.28. The van der Waals surface area contributed by atoms with Gasteiger partial charge in [-0.05, 0) is 19.4 Å². The number of aldehydes is 1. The van der Waals surface area contributed by atoms with Crippen molar-refractivity contribution in [2.45, 2.75) is 26.1 Å². The van der Waals surface area contributed by atoms with Crippen molar-refractivity contribution < 1.29 is 14.3 Å². The van der Waals surface area contributed by atoms with Crippen LogP contribution in [0.15, 0.2) is 30.3 Å². The molecule has 0 aliphatic heterocycles. The summed E-state index contributed by atoms with van der Waals surface area (Å²) in [7, 11) is 0. The topological polar surface area (TPSA) is 43.4 Å². The Bertz CT molecular complexity index is 341. The van der Waals surface area contributed by atoms with Crippen LogP contribution in [0.4, 0.5) is 0 Å². The average Bonchev–Trinajstić information content (AvgIpc) is 2.27. The molecule has 0 atom stereocenters. The predicted octanol–water partition coefficient (Wildman–Crippen LogP) is 1.75. The summed E-state index contributed by atoms with van der Waals surface area (Å²) < 4.78 is 5.39. The standard InChI is InChI=1S/C12H14O3/c1-12(2,11(14)8-13)15-9-10-6-4-3-5-7-10/h3-8H,9H2,1-2H3. The lowest BCUT2D eigenvalue weighted by Gasteiger charge is -2.21. The molecule has 0 spiro atoms. The Hall–Kier alpha value is -1.48. The molecular weight excluding hydrogens is 192 g/mol. The smallest absolute Gasteiger partial charge is 0.226 e. The number of rotatable bonds is 5. The van der Waals surface area contributed by atoms with Crippen LogP contribution in [0.2, 0.25) is 0 Å². The fourth-order valence-corrected chi connectivity index (χ4v) is 1.05. The van der Waals surface area contributed by atoms with Crippen molar-refractivity contribution in [3.05, 3.63) is 35.9 Å². The second-order valence-electron chi connectivity index (χ2n) is 3.77. The molecule has 0 aliphatic carbocycles. The Labute approximate surface area is 89.1 Å². The van der Waals surface area contributed by atoms with Crippen LogP contribution in [0.5, 0.6) is 0 Å². The maximum atomic E-state index is 11.2. The van der Waals surface area contributed by atoms with Crippen LogP contribution in [0, 0.1) is 0 Å². The van der Waals surface area contributed by atoms with Gasteiger partial charge in [0.25, 0.3) is 0 Å². The lowest BCUT2D eigenvalue weighted by Crippen LogP contribution is -2.35. The third-order valence-electron chi connectivity index (χ3n) is 2.14. The maximum absolute atomic E-state index is 11.2. The zero-order valence-electron chi connectivity index (χ0n) is 8.90. The molecule has 0 amide bonds. The third kappa shape index (κ3) is 3.29. The van der Waals surface area contributed by atoms with Crippen LogP contribution in [0.1, 0.15) is 19.4 Å². The molecule has 0 radical (unpaired) electrons. The van der Waals surface area contributed by atoms with Crippen molar-refractivity contribution in [1.82, 2.24) is 0 Å². The summed E-state index contributed by atoms with van der Waals surface area (Å²) in [5.74, 6) is -0.543. The molecule has 0 heterocycles. The summed E-state index contributed by atoms with van der Waals surface area (Å²) in [4.78, 5) is 21.5. The Balaban J connectivity index is 2.57. The Morgan fingerprint density at radius 1 is 1.33 bits per heavy atom. The molecule has 0 fully saturated rings. The fraction of sp³-hybridized carbons (Fsp3) is 0.333. The highest BCUT2D eigenvalue weighted by Gasteiger charge is 2.27. The molecule has 3 nitrogen and oxygen atoms in total. The summed E-state index contributed by atoms with van der Waals surface area (Å²) >= 11 is 0. The number of ether oxygens (including phenoxy) is 1. The van der Waals surface area contributed by atoms with Crippen molar-refractivity contribution in [3.63, 3.8) is 0 Å². The van der Waals surface area contributed by atoms with Crippen LogP contribution in [0.3, 0.4) is 0 Å². The monoisotopic (exact) mass is 206 g/mol. The molecule has 0 saturated carbocycles. The van der Waals surface area contributed by atoms with Crippen molar-refractivity contribution in [2.75, 3.05) is 0 Å². The number of benzene rings is 1. The Kier molecular flexibility index (Phi) is 3.74. The molecule has 0 unspecified atom stereocenters. The summed E-state index contributed by atoms with van der Waals surface area (Å²) in [5.41, 5.74) is -0.0679. The van der Waals surface area contributed by atoms with Gasteiger partial charge in [0, 0.05) is 0 Å². The van der Waals surface area contributed by atoms with Gasteiger partial charge < -0.3 is 4.74 Å². The summed E-state index contributed by atoms with van der Waals surface area (Å²) in [6, 6.07) is 9.51. The second-order valence-corrected chi connectivity index (χ2v) is 3.77. The van der Waals surface area contributed by atoms with Crippen LogP contribution in [-0.2, 0) is 20.9 Å². The molecule has 1 rings (SSSR count). The lowest BCUT2D eigenvalue weighted by molar-refractivity contribution is -0.146. The van der Waals surface area contributed by atoms with Crippen LogP contribution < -0.4 is 0 Å². The molecular formula is C12H14O3. The van der Waals surface area contributed by atoms with Gasteiger partial charge in [-0.3, -0.25) is 9.59 Å². The zero-order valence-corrected chi connectivity index (χ0v) is 8.90. The molecule has 1 aromatic rings. The predicted molar refractivity (Wildman–Crippen MR) is 56.4 cm³/mol. The van der Waals surface area contributed by atoms with Gasteiger partial charge in [-0.25, -0.2) is 0 Å². The number of ketones is 1. The molecule has 0 N–H and O–H groups in total. The molecule has 0 aliphatic rings. The van der Waals surface area contributed by atoms with Gasteiger partial charge in [0.05, 0.1) is 6.61 Å². The molecule has 3 heteroatoms. The molecule has 0 aromatic heterocycles. The van der Waals surface area contributed by atoms with Crippen molar-refractivity contribution >= 4 is 12.1 Å². The second kappa shape index (κ2) is 4.84. The average molecular weight is 206 g/mol.